The molecule has 1 fully saturated rings. The highest BCUT2D eigenvalue weighted by molar-refractivity contribution is 7.13. The van der Waals surface area contributed by atoms with Gasteiger partial charge in [-0.15, -0.1) is 21.5 Å². The summed E-state index contributed by atoms with van der Waals surface area (Å²) >= 11 is 1.61. The van der Waals surface area contributed by atoms with Crippen molar-refractivity contribution in [3.05, 3.63) is 17.0 Å². The summed E-state index contributed by atoms with van der Waals surface area (Å²) in [5.74, 6) is 2.08. The topological polar surface area (TPSA) is 85.9 Å². The predicted molar refractivity (Wildman–Crippen MR) is 89.2 cm³/mol. The second-order valence-corrected chi connectivity index (χ2v) is 8.18. The molecule has 0 bridgehead atoms. The third-order valence-corrected chi connectivity index (χ3v) is 4.73. The Bertz CT molecular complexity index is 675. The highest BCUT2D eigenvalue weighted by Gasteiger charge is 2.20. The molecule has 2 aromatic heterocycles. The Hall–Kier alpha value is -1.85. The molecule has 1 saturated carbocycles. The molecular formula is C17H23N3O3S. The van der Waals surface area contributed by atoms with Crippen LogP contribution in [0.5, 0.6) is 0 Å². The van der Waals surface area contributed by atoms with Crippen LogP contribution in [0, 0.1) is 11.3 Å². The van der Waals surface area contributed by atoms with Crippen molar-refractivity contribution < 1.29 is 14.0 Å². The number of thiazole rings is 1. The molecule has 1 aliphatic carbocycles. The SMILES string of the molecule is CC(C)(C)Cc1nnc(-c2nc(CC3CCCC3)cs2)o1.O=C=O. The van der Waals surface area contributed by atoms with Gasteiger partial charge in [-0.1, -0.05) is 46.5 Å². The van der Waals surface area contributed by atoms with Crippen LogP contribution >= 0.6 is 11.3 Å². The average molecular weight is 349 g/mol. The quantitative estimate of drug-likeness (QED) is 0.831. The van der Waals surface area contributed by atoms with Crippen LogP contribution < -0.4 is 0 Å². The molecule has 0 spiro atoms. The van der Waals surface area contributed by atoms with E-state index in [2.05, 4.69) is 41.3 Å². The number of carbonyl (C=O) groups excluding carboxylic acids is 2. The highest BCUT2D eigenvalue weighted by atomic mass is 32.1. The van der Waals surface area contributed by atoms with Gasteiger partial charge in [0, 0.05) is 11.8 Å². The third kappa shape index (κ3) is 5.65. The van der Waals surface area contributed by atoms with Crippen LogP contribution in [0.1, 0.15) is 58.0 Å². The van der Waals surface area contributed by atoms with Crippen molar-refractivity contribution in [2.75, 3.05) is 0 Å². The second-order valence-electron chi connectivity index (χ2n) is 7.32. The van der Waals surface area contributed by atoms with E-state index in [-0.39, 0.29) is 11.6 Å². The van der Waals surface area contributed by atoms with Crippen molar-refractivity contribution in [3.8, 4) is 10.9 Å². The smallest absolute Gasteiger partial charge is 0.373 e. The zero-order valence-electron chi connectivity index (χ0n) is 14.4. The molecule has 24 heavy (non-hydrogen) atoms. The number of hydrogen-bond donors (Lipinski definition) is 0. The first kappa shape index (κ1) is 18.5. The van der Waals surface area contributed by atoms with E-state index in [0.717, 1.165) is 23.8 Å². The lowest BCUT2D eigenvalue weighted by Crippen LogP contribution is -2.09. The number of rotatable bonds is 4. The Morgan fingerprint density at radius 2 is 1.92 bits per heavy atom. The fourth-order valence-corrected chi connectivity index (χ4v) is 3.62. The third-order valence-electron chi connectivity index (χ3n) is 3.86. The van der Waals surface area contributed by atoms with Gasteiger partial charge in [-0.2, -0.15) is 9.59 Å². The highest BCUT2D eigenvalue weighted by Crippen LogP contribution is 2.30. The molecule has 0 aliphatic heterocycles. The first-order valence-electron chi connectivity index (χ1n) is 8.17. The maximum Gasteiger partial charge on any atom is 0.373 e. The van der Waals surface area contributed by atoms with E-state index in [1.807, 2.05) is 0 Å². The molecule has 0 amide bonds. The number of hydrogen-bond acceptors (Lipinski definition) is 7. The zero-order valence-corrected chi connectivity index (χ0v) is 15.2. The molecule has 1 aliphatic rings. The second kappa shape index (κ2) is 8.31. The van der Waals surface area contributed by atoms with Crippen LogP contribution in [0.4, 0.5) is 0 Å². The summed E-state index contributed by atoms with van der Waals surface area (Å²) in [6, 6.07) is 0. The average Bonchev–Trinajstić information content (AvgIpc) is 3.20. The predicted octanol–water partition coefficient (Wildman–Crippen LogP) is 3.93. The largest absolute Gasteiger partial charge is 0.419 e. The Kier molecular flexibility index (Phi) is 6.40. The van der Waals surface area contributed by atoms with E-state index in [4.69, 9.17) is 14.0 Å². The van der Waals surface area contributed by atoms with E-state index in [1.54, 1.807) is 11.3 Å². The Labute approximate surface area is 145 Å². The van der Waals surface area contributed by atoms with E-state index in [1.165, 1.54) is 31.4 Å². The van der Waals surface area contributed by atoms with Crippen molar-refractivity contribution >= 4 is 17.5 Å². The molecule has 2 aromatic rings. The molecular weight excluding hydrogens is 326 g/mol. The number of nitrogens with zero attached hydrogens (tertiary/aromatic N) is 3. The molecule has 7 heteroatoms. The summed E-state index contributed by atoms with van der Waals surface area (Å²) in [7, 11) is 0. The Balaban J connectivity index is 0.000000647. The summed E-state index contributed by atoms with van der Waals surface area (Å²) in [6.45, 7) is 6.50. The normalized spacial score (nSPS) is 15.0. The first-order valence-corrected chi connectivity index (χ1v) is 9.05. The molecule has 0 unspecified atom stereocenters. The summed E-state index contributed by atoms with van der Waals surface area (Å²) in [6.07, 6.45) is 7.59. The lowest BCUT2D eigenvalue weighted by Gasteiger charge is -2.14. The van der Waals surface area contributed by atoms with Crippen LogP contribution in [-0.4, -0.2) is 21.3 Å². The molecule has 0 radical (unpaired) electrons. The van der Waals surface area contributed by atoms with E-state index < -0.39 is 0 Å². The van der Waals surface area contributed by atoms with Crippen molar-refractivity contribution in [2.45, 2.75) is 59.3 Å². The fourth-order valence-electron chi connectivity index (χ4n) is 2.87. The van der Waals surface area contributed by atoms with Crippen molar-refractivity contribution in [1.29, 1.82) is 0 Å². The molecule has 0 aromatic carbocycles. The minimum Gasteiger partial charge on any atom is -0.419 e. The van der Waals surface area contributed by atoms with Gasteiger partial charge < -0.3 is 4.42 Å². The van der Waals surface area contributed by atoms with Crippen LogP contribution in [0.25, 0.3) is 10.9 Å². The van der Waals surface area contributed by atoms with Crippen LogP contribution in [0.15, 0.2) is 9.80 Å². The molecule has 2 heterocycles. The van der Waals surface area contributed by atoms with E-state index >= 15 is 0 Å². The molecule has 0 atom stereocenters. The van der Waals surface area contributed by atoms with E-state index in [0.29, 0.717) is 11.8 Å². The van der Waals surface area contributed by atoms with Gasteiger partial charge in [0.25, 0.3) is 5.89 Å². The fraction of sp³-hybridized carbons (Fsp3) is 0.647. The molecule has 3 rings (SSSR count). The van der Waals surface area contributed by atoms with E-state index in [9.17, 15) is 0 Å². The summed E-state index contributed by atoms with van der Waals surface area (Å²) < 4.78 is 5.75. The van der Waals surface area contributed by atoms with Crippen LogP contribution in [0.2, 0.25) is 0 Å². The first-order chi connectivity index (χ1) is 11.4. The zero-order chi connectivity index (χ0) is 17.6. The van der Waals surface area contributed by atoms with Gasteiger partial charge in [0.1, 0.15) is 0 Å². The maximum absolute atomic E-state index is 8.12. The van der Waals surface area contributed by atoms with Gasteiger partial charge in [-0.25, -0.2) is 4.98 Å². The minimum absolute atomic E-state index is 0.153. The summed E-state index contributed by atoms with van der Waals surface area (Å²) in [4.78, 5) is 20.9. The lowest BCUT2D eigenvalue weighted by atomic mass is 9.92. The summed E-state index contributed by atoms with van der Waals surface area (Å²) in [5.41, 5.74) is 1.33. The number of aromatic nitrogens is 3. The van der Waals surface area contributed by atoms with Gasteiger partial charge in [-0.05, 0) is 17.8 Å². The Morgan fingerprint density at radius 1 is 1.25 bits per heavy atom. The van der Waals surface area contributed by atoms with Gasteiger partial charge >= 0.3 is 6.15 Å². The van der Waals surface area contributed by atoms with Gasteiger partial charge in [0.05, 0.1) is 5.69 Å². The standard InChI is InChI=1S/C16H23N3OS.CO2/c1-16(2,3)9-13-18-19-14(20-13)15-17-12(10-21-15)8-11-6-4-5-7-11;2-1-3/h10-11H,4-9H2,1-3H3;. The van der Waals surface area contributed by atoms with Crippen molar-refractivity contribution in [2.24, 2.45) is 11.3 Å². The minimum atomic E-state index is 0.153. The Morgan fingerprint density at radius 3 is 2.54 bits per heavy atom. The van der Waals surface area contributed by atoms with Gasteiger partial charge in [0.2, 0.25) is 5.89 Å². The van der Waals surface area contributed by atoms with Crippen LogP contribution in [0.3, 0.4) is 0 Å². The van der Waals surface area contributed by atoms with Crippen LogP contribution in [-0.2, 0) is 22.4 Å². The molecule has 130 valence electrons. The summed E-state index contributed by atoms with van der Waals surface area (Å²) in [5, 5.41) is 11.3. The lowest BCUT2D eigenvalue weighted by molar-refractivity contribution is -0.191. The monoisotopic (exact) mass is 349 g/mol. The maximum atomic E-state index is 8.12. The van der Waals surface area contributed by atoms with Crippen molar-refractivity contribution in [1.82, 2.24) is 15.2 Å². The van der Waals surface area contributed by atoms with Crippen molar-refractivity contribution in [3.63, 3.8) is 0 Å². The molecule has 0 saturated heterocycles. The molecule has 0 N–H and O–H groups in total. The molecule has 6 nitrogen and oxygen atoms in total. The van der Waals surface area contributed by atoms with Gasteiger partial charge in [-0.3, -0.25) is 0 Å². The van der Waals surface area contributed by atoms with Gasteiger partial charge in [0.15, 0.2) is 5.01 Å².